The molecule has 0 aliphatic heterocycles. The van der Waals surface area contributed by atoms with Crippen LogP contribution >= 0.6 is 0 Å². The summed E-state index contributed by atoms with van der Waals surface area (Å²) in [6, 6.07) is 0. The molecule has 0 heterocycles. The zero-order chi connectivity index (χ0) is 7.98. The highest BCUT2D eigenvalue weighted by atomic mass is 16.1. The van der Waals surface area contributed by atoms with E-state index in [0.29, 0.717) is 5.92 Å². The lowest BCUT2D eigenvalue weighted by Gasteiger charge is -2.08. The van der Waals surface area contributed by atoms with Crippen LogP contribution in [0.4, 0.5) is 0 Å². The van der Waals surface area contributed by atoms with Gasteiger partial charge in [0.05, 0.1) is 0 Å². The van der Waals surface area contributed by atoms with Crippen molar-refractivity contribution in [3.8, 4) is 0 Å². The van der Waals surface area contributed by atoms with E-state index >= 15 is 0 Å². The number of rotatable bonds is 5. The van der Waals surface area contributed by atoms with Crippen LogP contribution in [0.25, 0.3) is 0 Å². The monoisotopic (exact) mass is 142 g/mol. The van der Waals surface area contributed by atoms with Crippen LogP contribution in [-0.4, -0.2) is 6.29 Å². The Morgan fingerprint density at radius 2 is 1.80 bits per heavy atom. The van der Waals surface area contributed by atoms with Crippen LogP contribution < -0.4 is 0 Å². The first-order valence-electron chi connectivity index (χ1n) is 4.10. The SMILES string of the molecule is CC(C)CCC(C)CC=O. The summed E-state index contributed by atoms with van der Waals surface area (Å²) in [5.41, 5.74) is 0. The molecule has 1 heteroatoms. The maximum absolute atomic E-state index is 10.1. The predicted octanol–water partition coefficient (Wildman–Crippen LogP) is 2.65. The Hall–Kier alpha value is -0.330. The van der Waals surface area contributed by atoms with Gasteiger partial charge in [-0.15, -0.1) is 0 Å². The van der Waals surface area contributed by atoms with Gasteiger partial charge in [-0.05, 0) is 11.8 Å². The first-order valence-corrected chi connectivity index (χ1v) is 4.10. The molecule has 0 saturated carbocycles. The maximum atomic E-state index is 10.1. The molecule has 0 N–H and O–H groups in total. The molecule has 1 atom stereocenters. The molecule has 1 nitrogen and oxygen atoms in total. The molecule has 0 aromatic heterocycles. The van der Waals surface area contributed by atoms with Crippen LogP contribution in [0.3, 0.4) is 0 Å². The summed E-state index contributed by atoms with van der Waals surface area (Å²) in [4.78, 5) is 10.1. The fourth-order valence-electron chi connectivity index (χ4n) is 0.900. The third kappa shape index (κ3) is 5.80. The average Bonchev–Trinajstić information content (AvgIpc) is 1.85. The van der Waals surface area contributed by atoms with E-state index in [2.05, 4.69) is 20.8 Å². The van der Waals surface area contributed by atoms with Gasteiger partial charge < -0.3 is 4.79 Å². The van der Waals surface area contributed by atoms with Gasteiger partial charge >= 0.3 is 0 Å². The predicted molar refractivity (Wildman–Crippen MR) is 43.9 cm³/mol. The molecule has 0 aliphatic carbocycles. The van der Waals surface area contributed by atoms with Crippen molar-refractivity contribution in [2.45, 2.75) is 40.0 Å². The summed E-state index contributed by atoms with van der Waals surface area (Å²) < 4.78 is 0. The second-order valence-corrected chi connectivity index (χ2v) is 3.48. The Bertz CT molecular complexity index is 86.7. The number of carbonyl (C=O) groups is 1. The highest BCUT2D eigenvalue weighted by Gasteiger charge is 2.01. The van der Waals surface area contributed by atoms with Crippen molar-refractivity contribution < 1.29 is 4.79 Å². The lowest BCUT2D eigenvalue weighted by molar-refractivity contribution is -0.108. The summed E-state index contributed by atoms with van der Waals surface area (Å²) in [5, 5.41) is 0. The summed E-state index contributed by atoms with van der Waals surface area (Å²) in [6.07, 6.45) is 4.18. The van der Waals surface area contributed by atoms with E-state index in [1.54, 1.807) is 0 Å². The van der Waals surface area contributed by atoms with Gasteiger partial charge in [0.2, 0.25) is 0 Å². The molecule has 0 aliphatic rings. The van der Waals surface area contributed by atoms with Gasteiger partial charge in [0, 0.05) is 6.42 Å². The zero-order valence-corrected chi connectivity index (χ0v) is 7.26. The van der Waals surface area contributed by atoms with Gasteiger partial charge in [-0.3, -0.25) is 0 Å². The summed E-state index contributed by atoms with van der Waals surface area (Å²) >= 11 is 0. The fraction of sp³-hybridized carbons (Fsp3) is 0.889. The first-order chi connectivity index (χ1) is 4.66. The van der Waals surface area contributed by atoms with Crippen LogP contribution in [0.1, 0.15) is 40.0 Å². The third-order valence-electron chi connectivity index (χ3n) is 1.74. The Balaban J connectivity index is 3.20. The molecule has 60 valence electrons. The molecule has 0 fully saturated rings. The minimum Gasteiger partial charge on any atom is -0.303 e. The van der Waals surface area contributed by atoms with Gasteiger partial charge in [0.15, 0.2) is 0 Å². The highest BCUT2D eigenvalue weighted by molar-refractivity contribution is 5.49. The molecule has 0 rings (SSSR count). The molecule has 0 aromatic rings. The maximum Gasteiger partial charge on any atom is 0.120 e. The number of aldehydes is 1. The van der Waals surface area contributed by atoms with Crippen molar-refractivity contribution >= 4 is 6.29 Å². The summed E-state index contributed by atoms with van der Waals surface area (Å²) in [7, 11) is 0. The number of carbonyl (C=O) groups excluding carboxylic acids is 1. The molecule has 0 radical (unpaired) electrons. The zero-order valence-electron chi connectivity index (χ0n) is 7.26. The largest absolute Gasteiger partial charge is 0.303 e. The lowest BCUT2D eigenvalue weighted by atomic mass is 9.97. The van der Waals surface area contributed by atoms with Crippen LogP contribution in [0.2, 0.25) is 0 Å². The topological polar surface area (TPSA) is 17.1 Å². The fourth-order valence-corrected chi connectivity index (χ4v) is 0.900. The van der Waals surface area contributed by atoms with Crippen molar-refractivity contribution in [1.82, 2.24) is 0 Å². The smallest absolute Gasteiger partial charge is 0.120 e. The van der Waals surface area contributed by atoms with E-state index in [1.807, 2.05) is 0 Å². The Kier molecular flexibility index (Phi) is 5.27. The van der Waals surface area contributed by atoms with Crippen molar-refractivity contribution in [2.24, 2.45) is 11.8 Å². The molecule has 1 unspecified atom stereocenters. The van der Waals surface area contributed by atoms with Crippen LogP contribution in [0, 0.1) is 11.8 Å². The molecule has 10 heavy (non-hydrogen) atoms. The van der Waals surface area contributed by atoms with Gasteiger partial charge in [0.1, 0.15) is 6.29 Å². The molecule has 0 aromatic carbocycles. The van der Waals surface area contributed by atoms with E-state index in [1.165, 1.54) is 12.8 Å². The van der Waals surface area contributed by atoms with Crippen molar-refractivity contribution in [3.05, 3.63) is 0 Å². The first kappa shape index (κ1) is 9.67. The van der Waals surface area contributed by atoms with E-state index < -0.39 is 0 Å². The normalized spacial score (nSPS) is 13.6. The Morgan fingerprint density at radius 1 is 1.20 bits per heavy atom. The van der Waals surface area contributed by atoms with Crippen LogP contribution in [0.15, 0.2) is 0 Å². The molecule has 0 saturated heterocycles. The van der Waals surface area contributed by atoms with Gasteiger partial charge in [-0.2, -0.15) is 0 Å². The van der Waals surface area contributed by atoms with E-state index in [4.69, 9.17) is 0 Å². The standard InChI is InChI=1S/C9H18O/c1-8(2)4-5-9(3)6-7-10/h7-9H,4-6H2,1-3H3. The van der Waals surface area contributed by atoms with Crippen molar-refractivity contribution in [1.29, 1.82) is 0 Å². The lowest BCUT2D eigenvalue weighted by Crippen LogP contribution is -1.97. The van der Waals surface area contributed by atoms with Crippen LogP contribution in [-0.2, 0) is 4.79 Å². The van der Waals surface area contributed by atoms with Gasteiger partial charge in [0.25, 0.3) is 0 Å². The Labute approximate surface area is 63.8 Å². The third-order valence-corrected chi connectivity index (χ3v) is 1.74. The van der Waals surface area contributed by atoms with E-state index in [-0.39, 0.29) is 0 Å². The van der Waals surface area contributed by atoms with E-state index in [0.717, 1.165) is 18.6 Å². The van der Waals surface area contributed by atoms with Gasteiger partial charge in [-0.25, -0.2) is 0 Å². The Morgan fingerprint density at radius 3 is 2.20 bits per heavy atom. The second kappa shape index (κ2) is 5.45. The molecular formula is C9H18O. The van der Waals surface area contributed by atoms with E-state index in [9.17, 15) is 4.79 Å². The van der Waals surface area contributed by atoms with Gasteiger partial charge in [-0.1, -0.05) is 33.6 Å². The minimum absolute atomic E-state index is 0.583. The molecule has 0 spiro atoms. The molecular weight excluding hydrogens is 124 g/mol. The average molecular weight is 142 g/mol. The molecule has 0 amide bonds. The van der Waals surface area contributed by atoms with Crippen LogP contribution in [0.5, 0.6) is 0 Å². The number of hydrogen-bond acceptors (Lipinski definition) is 1. The van der Waals surface area contributed by atoms with Crippen molar-refractivity contribution in [2.75, 3.05) is 0 Å². The van der Waals surface area contributed by atoms with Crippen molar-refractivity contribution in [3.63, 3.8) is 0 Å². The minimum atomic E-state index is 0.583. The quantitative estimate of drug-likeness (QED) is 0.539. The summed E-state index contributed by atoms with van der Waals surface area (Å²) in [6.45, 7) is 6.57. The highest BCUT2D eigenvalue weighted by Crippen LogP contribution is 2.13. The second-order valence-electron chi connectivity index (χ2n) is 3.48. The number of hydrogen-bond donors (Lipinski definition) is 0. The summed E-state index contributed by atoms with van der Waals surface area (Å²) in [5.74, 6) is 1.36. The molecule has 0 bridgehead atoms.